The lowest BCUT2D eigenvalue weighted by atomic mass is 10.1. The van der Waals surface area contributed by atoms with Crippen molar-refractivity contribution in [3.05, 3.63) is 12.3 Å². The lowest BCUT2D eigenvalue weighted by Gasteiger charge is -2.32. The van der Waals surface area contributed by atoms with Crippen LogP contribution < -0.4 is 5.32 Å². The molecule has 0 aromatic rings. The smallest absolute Gasteiger partial charge is 0.0545 e. The number of nitrogens with one attached hydrogen (secondary N) is 1. The molecule has 0 atom stereocenters. The molecular formula is C9H17N3. The van der Waals surface area contributed by atoms with E-state index in [4.69, 9.17) is 0 Å². The van der Waals surface area contributed by atoms with Gasteiger partial charge in [0.05, 0.1) is 6.04 Å². The number of nitrogens with zero attached hydrogens (tertiary/aromatic N) is 2. The molecular weight excluding hydrogens is 150 g/mol. The first kappa shape index (κ1) is 9.26. The van der Waals surface area contributed by atoms with E-state index in [-0.39, 0.29) is 0 Å². The molecule has 1 heterocycles. The van der Waals surface area contributed by atoms with Crippen molar-refractivity contribution in [3.63, 3.8) is 0 Å². The Morgan fingerprint density at radius 2 is 2.08 bits per heavy atom. The lowest BCUT2D eigenvalue weighted by molar-refractivity contribution is 0.218. The highest BCUT2D eigenvalue weighted by Gasteiger charge is 2.19. The van der Waals surface area contributed by atoms with E-state index >= 15 is 0 Å². The maximum Gasteiger partial charge on any atom is 0.0545 e. The monoisotopic (exact) mass is 167 g/mol. The Kier molecular flexibility index (Phi) is 3.29. The van der Waals surface area contributed by atoms with Crippen LogP contribution >= 0.6 is 0 Å². The molecule has 1 N–H and O–H groups in total. The third-order valence-electron chi connectivity index (χ3n) is 2.20. The van der Waals surface area contributed by atoms with Crippen LogP contribution in [-0.4, -0.2) is 30.9 Å². The molecule has 0 aromatic heterocycles. The zero-order valence-corrected chi connectivity index (χ0v) is 7.71. The van der Waals surface area contributed by atoms with Gasteiger partial charge >= 0.3 is 0 Å². The summed E-state index contributed by atoms with van der Waals surface area (Å²) in [5, 5.41) is 9.21. The number of piperidine rings is 1. The summed E-state index contributed by atoms with van der Waals surface area (Å²) < 4.78 is 0. The predicted octanol–water partition coefficient (Wildman–Crippen LogP) is 1.19. The van der Waals surface area contributed by atoms with Crippen LogP contribution in [0.4, 0.5) is 0 Å². The molecule has 1 fully saturated rings. The van der Waals surface area contributed by atoms with Crippen molar-refractivity contribution >= 4 is 6.72 Å². The van der Waals surface area contributed by atoms with Crippen molar-refractivity contribution in [1.29, 1.82) is 0 Å². The first-order valence-electron chi connectivity index (χ1n) is 4.38. The van der Waals surface area contributed by atoms with Gasteiger partial charge in [-0.15, -0.1) is 0 Å². The largest absolute Gasteiger partial charge is 0.317 e. The minimum atomic E-state index is 0.501. The molecule has 68 valence electrons. The average molecular weight is 167 g/mol. The quantitative estimate of drug-likeness (QED) is 0.505. The van der Waals surface area contributed by atoms with E-state index in [2.05, 4.69) is 23.7 Å². The summed E-state index contributed by atoms with van der Waals surface area (Å²) >= 11 is 0. The van der Waals surface area contributed by atoms with Crippen molar-refractivity contribution in [3.8, 4) is 0 Å². The van der Waals surface area contributed by atoms with Crippen molar-refractivity contribution < 1.29 is 0 Å². The summed E-state index contributed by atoms with van der Waals surface area (Å²) in [6.07, 6.45) is 2.26. The van der Waals surface area contributed by atoms with E-state index < -0.39 is 0 Å². The zero-order chi connectivity index (χ0) is 8.97. The molecule has 0 spiro atoms. The Labute approximate surface area is 74.1 Å². The first-order chi connectivity index (χ1) is 5.75. The molecule has 0 amide bonds. The minimum absolute atomic E-state index is 0.501. The van der Waals surface area contributed by atoms with Crippen LogP contribution in [0, 0.1) is 0 Å². The lowest BCUT2D eigenvalue weighted by Crippen LogP contribution is -2.39. The van der Waals surface area contributed by atoms with Gasteiger partial charge < -0.3 is 5.32 Å². The Bertz CT molecular complexity index is 171. The highest BCUT2D eigenvalue weighted by Crippen LogP contribution is 2.15. The molecule has 0 unspecified atom stereocenters. The summed E-state index contributed by atoms with van der Waals surface area (Å²) in [4.78, 5) is 0. The van der Waals surface area contributed by atoms with Crippen LogP contribution in [0.25, 0.3) is 0 Å². The fourth-order valence-electron chi connectivity index (χ4n) is 1.60. The molecule has 1 aliphatic rings. The van der Waals surface area contributed by atoms with Crippen molar-refractivity contribution in [1.82, 2.24) is 10.3 Å². The van der Waals surface area contributed by atoms with Crippen LogP contribution in [0.15, 0.2) is 17.4 Å². The molecule has 1 rings (SSSR count). The maximum absolute atomic E-state index is 3.97. The third kappa shape index (κ3) is 2.08. The van der Waals surface area contributed by atoms with Gasteiger partial charge in [-0.05, 0) is 32.9 Å². The second-order valence-corrected chi connectivity index (χ2v) is 3.20. The molecule has 3 nitrogen and oxygen atoms in total. The topological polar surface area (TPSA) is 27.6 Å². The van der Waals surface area contributed by atoms with Gasteiger partial charge in [-0.3, -0.25) is 5.01 Å². The SMILES string of the molecule is C=NN(C(=C)C)C1CCNCC1. The van der Waals surface area contributed by atoms with Crippen LogP contribution in [0.1, 0.15) is 19.8 Å². The second kappa shape index (κ2) is 4.26. The minimum Gasteiger partial charge on any atom is -0.317 e. The molecule has 1 aliphatic heterocycles. The summed E-state index contributed by atoms with van der Waals surface area (Å²) in [5.74, 6) is 0. The Balaban J connectivity index is 2.51. The number of hydrogen-bond acceptors (Lipinski definition) is 3. The molecule has 0 aromatic carbocycles. The van der Waals surface area contributed by atoms with Gasteiger partial charge in [-0.2, -0.15) is 5.10 Å². The van der Waals surface area contributed by atoms with Crippen LogP contribution in [0.2, 0.25) is 0 Å². The van der Waals surface area contributed by atoms with Gasteiger partial charge in [0.25, 0.3) is 0 Å². The third-order valence-corrected chi connectivity index (χ3v) is 2.20. The number of allylic oxidation sites excluding steroid dienone is 1. The van der Waals surface area contributed by atoms with Crippen LogP contribution in [0.5, 0.6) is 0 Å². The van der Waals surface area contributed by atoms with Crippen molar-refractivity contribution in [2.45, 2.75) is 25.8 Å². The second-order valence-electron chi connectivity index (χ2n) is 3.20. The Morgan fingerprint density at radius 3 is 2.50 bits per heavy atom. The summed E-state index contributed by atoms with van der Waals surface area (Å²) in [6, 6.07) is 0.501. The van der Waals surface area contributed by atoms with E-state index in [0.29, 0.717) is 6.04 Å². The molecule has 0 aliphatic carbocycles. The highest BCUT2D eigenvalue weighted by molar-refractivity contribution is 5.23. The van der Waals surface area contributed by atoms with E-state index in [1.807, 2.05) is 11.9 Å². The van der Waals surface area contributed by atoms with Gasteiger partial charge in [0.2, 0.25) is 0 Å². The van der Waals surface area contributed by atoms with Crippen LogP contribution in [-0.2, 0) is 0 Å². The van der Waals surface area contributed by atoms with E-state index in [1.54, 1.807) is 0 Å². The zero-order valence-electron chi connectivity index (χ0n) is 7.71. The van der Waals surface area contributed by atoms with Gasteiger partial charge in [-0.25, -0.2) is 0 Å². The van der Waals surface area contributed by atoms with Crippen molar-refractivity contribution in [2.24, 2.45) is 5.10 Å². The standard InChI is InChI=1S/C9H17N3/c1-8(2)12(10-3)9-4-6-11-7-5-9/h9,11H,1,3-7H2,2H3. The van der Waals surface area contributed by atoms with E-state index in [1.165, 1.54) is 0 Å². The molecule has 1 saturated heterocycles. The Morgan fingerprint density at radius 1 is 1.50 bits per heavy atom. The van der Waals surface area contributed by atoms with Crippen LogP contribution in [0.3, 0.4) is 0 Å². The molecule has 0 radical (unpaired) electrons. The summed E-state index contributed by atoms with van der Waals surface area (Å²) in [6.45, 7) is 11.5. The molecule has 12 heavy (non-hydrogen) atoms. The number of rotatable bonds is 3. The molecule has 3 heteroatoms. The van der Waals surface area contributed by atoms with Gasteiger partial charge in [0.1, 0.15) is 0 Å². The van der Waals surface area contributed by atoms with E-state index in [9.17, 15) is 0 Å². The fourth-order valence-corrected chi connectivity index (χ4v) is 1.60. The summed E-state index contributed by atoms with van der Waals surface area (Å²) in [5.41, 5.74) is 0.983. The first-order valence-corrected chi connectivity index (χ1v) is 4.38. The van der Waals surface area contributed by atoms with Gasteiger partial charge in [0, 0.05) is 12.4 Å². The normalized spacial score (nSPS) is 18.8. The van der Waals surface area contributed by atoms with Gasteiger partial charge in [0.15, 0.2) is 0 Å². The fraction of sp³-hybridized carbons (Fsp3) is 0.667. The Hall–Kier alpha value is -0.830. The van der Waals surface area contributed by atoms with E-state index in [0.717, 1.165) is 31.6 Å². The average Bonchev–Trinajstić information content (AvgIpc) is 2.07. The molecule has 0 saturated carbocycles. The summed E-state index contributed by atoms with van der Waals surface area (Å²) in [7, 11) is 0. The maximum atomic E-state index is 3.97. The highest BCUT2D eigenvalue weighted by atomic mass is 15.5. The van der Waals surface area contributed by atoms with Crippen molar-refractivity contribution in [2.75, 3.05) is 13.1 Å². The predicted molar refractivity (Wildman–Crippen MR) is 52.1 cm³/mol. The van der Waals surface area contributed by atoms with Gasteiger partial charge in [-0.1, -0.05) is 6.58 Å². The number of hydrogen-bond donors (Lipinski definition) is 1. The number of hydrazone groups is 1. The molecule has 0 bridgehead atoms.